The molecule has 3 aliphatic heterocycles. The number of aromatic nitrogens is 1. The number of pyridine rings is 1. The maximum atomic E-state index is 11.9. The monoisotopic (exact) mass is 522 g/mol. The van der Waals surface area contributed by atoms with Gasteiger partial charge in [-0.05, 0) is 55.2 Å². The maximum Gasteiger partial charge on any atom is 0.131 e. The molecule has 5 heteroatoms. The molecular formula is C29H35BrN2O2. The number of nitrogens with zero attached hydrogens (tertiary/aromatic N) is 2. The number of fused-ring (bicyclic) bond motifs is 4. The lowest BCUT2D eigenvalue weighted by Crippen LogP contribution is -3.00. The fraction of sp³-hybridized carbons (Fsp3) is 0.414. The van der Waals surface area contributed by atoms with E-state index in [4.69, 9.17) is 4.74 Å². The van der Waals surface area contributed by atoms with Gasteiger partial charge in [0, 0.05) is 35.9 Å². The predicted octanol–water partition coefficient (Wildman–Crippen LogP) is 2.51. The third-order valence-corrected chi connectivity index (χ3v) is 8.32. The maximum absolute atomic E-state index is 11.9. The molecule has 2 aromatic carbocycles. The van der Waals surface area contributed by atoms with Gasteiger partial charge in [0.05, 0.1) is 25.7 Å². The van der Waals surface area contributed by atoms with Crippen LogP contribution in [-0.2, 0) is 6.54 Å². The van der Waals surface area contributed by atoms with Crippen molar-refractivity contribution in [3.8, 4) is 5.75 Å². The number of hydrogen-bond acceptors (Lipinski definition) is 3. The molecule has 1 N–H and O–H groups in total. The normalized spacial score (nSPS) is 26.6. The van der Waals surface area contributed by atoms with Gasteiger partial charge in [0.15, 0.2) is 0 Å². The molecular weight excluding hydrogens is 488 g/mol. The molecule has 0 radical (unpaired) electrons. The number of piperidine rings is 3. The number of halogens is 1. The molecule has 4 nitrogen and oxygen atoms in total. The summed E-state index contributed by atoms with van der Waals surface area (Å²) in [5.41, 5.74) is 5.89. The Morgan fingerprint density at radius 1 is 1.21 bits per heavy atom. The molecule has 34 heavy (non-hydrogen) atoms. The van der Waals surface area contributed by atoms with Gasteiger partial charge in [0.1, 0.15) is 24.4 Å². The first-order valence-electron chi connectivity index (χ1n) is 12.1. The smallest absolute Gasteiger partial charge is 0.131 e. The van der Waals surface area contributed by atoms with Crippen molar-refractivity contribution in [3.05, 3.63) is 83.6 Å². The van der Waals surface area contributed by atoms with Crippen LogP contribution in [0.15, 0.2) is 61.3 Å². The molecule has 5 atom stereocenters. The van der Waals surface area contributed by atoms with E-state index in [9.17, 15) is 5.11 Å². The third kappa shape index (κ3) is 4.30. The minimum absolute atomic E-state index is 0. The molecule has 0 spiro atoms. The molecule has 2 bridgehead atoms. The number of ether oxygens (including phenoxy) is 1. The topological polar surface area (TPSA) is 42.4 Å². The van der Waals surface area contributed by atoms with E-state index in [-0.39, 0.29) is 23.0 Å². The van der Waals surface area contributed by atoms with Crippen molar-refractivity contribution in [1.29, 1.82) is 0 Å². The molecule has 3 aromatic rings. The standard InChI is InChI=1S/C29H35N2O2.BrH/c1-5-21-17-31(18-23-7-6-19(2)14-20(23)3)13-11-22(21)15-28(31)29(32)25-10-12-30-27-9-8-24(33-4)16-26(25)27;/h5-10,12,14,16,21-22,28-29,32H,1,11,13,15,17-18H2,2-4H3;1H/q+1;/p-1/t21-,22-,28+,29-,31-;/m0./s1. The molecule has 0 unspecified atom stereocenters. The zero-order chi connectivity index (χ0) is 23.2. The van der Waals surface area contributed by atoms with E-state index in [1.165, 1.54) is 23.1 Å². The van der Waals surface area contributed by atoms with Crippen LogP contribution in [0.2, 0.25) is 0 Å². The molecule has 0 saturated carbocycles. The van der Waals surface area contributed by atoms with E-state index < -0.39 is 6.10 Å². The molecule has 3 saturated heterocycles. The zero-order valence-corrected chi connectivity index (χ0v) is 22.0. The second kappa shape index (κ2) is 9.80. The summed E-state index contributed by atoms with van der Waals surface area (Å²) in [6, 6.07) is 14.9. The van der Waals surface area contributed by atoms with Gasteiger partial charge in [-0.25, -0.2) is 0 Å². The highest BCUT2D eigenvalue weighted by Gasteiger charge is 2.54. The first-order valence-corrected chi connectivity index (χ1v) is 12.1. The lowest BCUT2D eigenvalue weighted by atomic mass is 9.71. The first kappa shape index (κ1) is 24.9. The number of aliphatic hydroxyl groups is 1. The van der Waals surface area contributed by atoms with Crippen LogP contribution in [-0.4, -0.2) is 40.8 Å². The number of aliphatic hydroxyl groups excluding tert-OH is 1. The van der Waals surface area contributed by atoms with Crippen LogP contribution in [0.4, 0.5) is 0 Å². The lowest BCUT2D eigenvalue weighted by molar-refractivity contribution is -0.985. The van der Waals surface area contributed by atoms with E-state index >= 15 is 0 Å². The zero-order valence-electron chi connectivity index (χ0n) is 20.4. The van der Waals surface area contributed by atoms with Gasteiger partial charge in [-0.15, -0.1) is 6.58 Å². The second-order valence-corrected chi connectivity index (χ2v) is 10.2. The highest BCUT2D eigenvalue weighted by molar-refractivity contribution is 5.83. The van der Waals surface area contributed by atoms with Gasteiger partial charge >= 0.3 is 0 Å². The van der Waals surface area contributed by atoms with Crippen LogP contribution in [0.5, 0.6) is 5.75 Å². The third-order valence-electron chi connectivity index (χ3n) is 8.32. The first-order chi connectivity index (χ1) is 15.9. The number of aryl methyl sites for hydroxylation is 2. The van der Waals surface area contributed by atoms with Crippen molar-refractivity contribution in [2.45, 2.75) is 45.4 Å². The van der Waals surface area contributed by atoms with Gasteiger partial charge in [-0.1, -0.05) is 29.8 Å². The Labute approximate surface area is 213 Å². The van der Waals surface area contributed by atoms with Gasteiger partial charge in [-0.2, -0.15) is 0 Å². The fourth-order valence-electron chi connectivity index (χ4n) is 6.48. The SMILES string of the molecule is C=C[C@H]1C[N@+]2(Cc3ccc(C)cc3C)CC[C@H]1C[C@@H]2[C@@H](O)c1ccnc2ccc(OC)cc12.[Br-]. The van der Waals surface area contributed by atoms with Crippen LogP contribution < -0.4 is 21.7 Å². The average Bonchev–Trinajstić information content (AvgIpc) is 2.84. The lowest BCUT2D eigenvalue weighted by Gasteiger charge is -2.58. The van der Waals surface area contributed by atoms with Crippen LogP contribution >= 0.6 is 0 Å². The molecule has 3 fully saturated rings. The van der Waals surface area contributed by atoms with Gasteiger partial charge in [0.25, 0.3) is 0 Å². The van der Waals surface area contributed by atoms with E-state index in [2.05, 4.69) is 49.7 Å². The van der Waals surface area contributed by atoms with E-state index in [1.807, 2.05) is 30.5 Å². The van der Waals surface area contributed by atoms with Crippen molar-refractivity contribution in [2.24, 2.45) is 11.8 Å². The Morgan fingerprint density at radius 3 is 2.76 bits per heavy atom. The summed E-state index contributed by atoms with van der Waals surface area (Å²) in [5, 5.41) is 12.9. The van der Waals surface area contributed by atoms with Crippen molar-refractivity contribution >= 4 is 10.9 Å². The number of rotatable bonds is 6. The van der Waals surface area contributed by atoms with Crippen molar-refractivity contribution in [1.82, 2.24) is 4.98 Å². The van der Waals surface area contributed by atoms with E-state index in [0.29, 0.717) is 11.8 Å². The Kier molecular flexibility index (Phi) is 7.18. The second-order valence-electron chi connectivity index (χ2n) is 10.2. The summed E-state index contributed by atoms with van der Waals surface area (Å²) in [5.74, 6) is 1.91. The van der Waals surface area contributed by atoms with Crippen molar-refractivity contribution in [3.63, 3.8) is 0 Å². The summed E-state index contributed by atoms with van der Waals surface area (Å²) in [6.07, 6.45) is 5.66. The highest BCUT2D eigenvalue weighted by atomic mass is 79.9. The van der Waals surface area contributed by atoms with Crippen molar-refractivity contribution < 1.29 is 31.3 Å². The van der Waals surface area contributed by atoms with Crippen LogP contribution in [0.25, 0.3) is 10.9 Å². The van der Waals surface area contributed by atoms with Crippen LogP contribution in [0, 0.1) is 25.7 Å². The summed E-state index contributed by atoms with van der Waals surface area (Å²) in [6.45, 7) is 11.6. The number of benzene rings is 2. The highest BCUT2D eigenvalue weighted by Crippen LogP contribution is 2.48. The Hall–Kier alpha value is -2.21. The fourth-order valence-corrected chi connectivity index (χ4v) is 6.48. The molecule has 180 valence electrons. The quantitative estimate of drug-likeness (QED) is 0.399. The van der Waals surface area contributed by atoms with E-state index in [0.717, 1.165) is 52.8 Å². The largest absolute Gasteiger partial charge is 1.00 e. The number of methoxy groups -OCH3 is 1. The number of hydrogen-bond donors (Lipinski definition) is 1. The summed E-state index contributed by atoms with van der Waals surface area (Å²) in [7, 11) is 1.68. The van der Waals surface area contributed by atoms with E-state index in [1.54, 1.807) is 7.11 Å². The molecule has 1 aromatic heterocycles. The predicted molar refractivity (Wildman–Crippen MR) is 133 cm³/mol. The minimum Gasteiger partial charge on any atom is -1.00 e. The molecule has 6 rings (SSSR count). The van der Waals surface area contributed by atoms with Crippen LogP contribution in [0.3, 0.4) is 0 Å². The Balaban J connectivity index is 0.00000274. The minimum atomic E-state index is -0.554. The molecule has 0 aliphatic carbocycles. The van der Waals surface area contributed by atoms with Gasteiger partial charge < -0.3 is 31.3 Å². The van der Waals surface area contributed by atoms with Gasteiger partial charge in [-0.3, -0.25) is 4.98 Å². The summed E-state index contributed by atoms with van der Waals surface area (Å²) < 4.78 is 6.40. The van der Waals surface area contributed by atoms with Crippen LogP contribution in [0.1, 0.15) is 41.2 Å². The summed E-state index contributed by atoms with van der Waals surface area (Å²) >= 11 is 0. The molecule has 3 aliphatic rings. The Morgan fingerprint density at radius 2 is 2.03 bits per heavy atom. The Bertz CT molecular complexity index is 1200. The molecule has 0 amide bonds. The van der Waals surface area contributed by atoms with Crippen molar-refractivity contribution in [2.75, 3.05) is 20.2 Å². The van der Waals surface area contributed by atoms with Gasteiger partial charge in [0.2, 0.25) is 0 Å². The summed E-state index contributed by atoms with van der Waals surface area (Å²) in [4.78, 5) is 4.54. The average molecular weight is 524 g/mol. The molecule has 4 heterocycles. The number of quaternary nitrogens is 1.